The molecule has 6 N–H and O–H groups in total. The van der Waals surface area contributed by atoms with E-state index in [1.54, 1.807) is 0 Å². The highest BCUT2D eigenvalue weighted by Crippen LogP contribution is 2.36. The molecular formula is C23H18F2N4O4. The summed E-state index contributed by atoms with van der Waals surface area (Å²) in [7, 11) is 0. The molecule has 168 valence electrons. The number of fused-ring (bicyclic) bond motifs is 1. The van der Waals surface area contributed by atoms with Gasteiger partial charge in [-0.2, -0.15) is 0 Å². The van der Waals surface area contributed by atoms with Gasteiger partial charge in [0.25, 0.3) is 11.5 Å². The van der Waals surface area contributed by atoms with Crippen LogP contribution in [0.5, 0.6) is 0 Å². The van der Waals surface area contributed by atoms with Gasteiger partial charge in [-0.25, -0.2) is 13.6 Å². The number of carboxylic acids is 1. The van der Waals surface area contributed by atoms with Crippen LogP contribution in [-0.4, -0.2) is 26.5 Å². The van der Waals surface area contributed by atoms with Gasteiger partial charge in [0.2, 0.25) is 0 Å². The molecule has 0 fully saturated rings. The molecule has 0 unspecified atom stereocenters. The van der Waals surface area contributed by atoms with Crippen molar-refractivity contribution in [2.45, 2.75) is 13.5 Å². The molecule has 0 aliphatic rings. The Labute approximate surface area is 185 Å². The van der Waals surface area contributed by atoms with Crippen LogP contribution in [0.2, 0.25) is 0 Å². The molecule has 0 saturated carbocycles. The standard InChI is InChI=1S/C23H18F2N4O4/c1-10-5-14-18(8-15(10)24)29(9-11-6-13(21(27)30)17(26)7-16(11)25)20(23(32)33)19(14)12-3-2-4-28-22(12)31/h2-8H,9,26H2,1H3,(H2,27,30)(H,28,31)(H,32,33). The van der Waals surface area contributed by atoms with Crippen LogP contribution in [0.3, 0.4) is 0 Å². The second-order valence-corrected chi connectivity index (χ2v) is 7.54. The number of amides is 1. The minimum Gasteiger partial charge on any atom is -0.477 e. The van der Waals surface area contributed by atoms with Gasteiger partial charge in [0, 0.05) is 34.0 Å². The van der Waals surface area contributed by atoms with E-state index in [2.05, 4.69) is 4.98 Å². The van der Waals surface area contributed by atoms with E-state index in [-0.39, 0.29) is 44.7 Å². The summed E-state index contributed by atoms with van der Waals surface area (Å²) in [5.74, 6) is -3.71. The van der Waals surface area contributed by atoms with Crippen LogP contribution in [-0.2, 0) is 6.54 Å². The van der Waals surface area contributed by atoms with Crippen LogP contribution in [0.15, 0.2) is 47.4 Å². The third-order valence-electron chi connectivity index (χ3n) is 5.45. The summed E-state index contributed by atoms with van der Waals surface area (Å²) in [6.07, 6.45) is 1.39. The smallest absolute Gasteiger partial charge is 0.353 e. The van der Waals surface area contributed by atoms with Crippen LogP contribution >= 0.6 is 0 Å². The predicted molar refractivity (Wildman–Crippen MR) is 118 cm³/mol. The molecule has 10 heteroatoms. The van der Waals surface area contributed by atoms with Crippen molar-refractivity contribution >= 4 is 28.5 Å². The van der Waals surface area contributed by atoms with Gasteiger partial charge in [-0.15, -0.1) is 0 Å². The van der Waals surface area contributed by atoms with Crippen molar-refractivity contribution in [2.75, 3.05) is 5.73 Å². The molecule has 4 aromatic rings. The molecule has 2 aromatic carbocycles. The van der Waals surface area contributed by atoms with E-state index < -0.39 is 35.6 Å². The maximum atomic E-state index is 14.7. The number of nitrogens with two attached hydrogens (primary N) is 2. The fourth-order valence-electron chi connectivity index (χ4n) is 3.89. The number of nitrogens with zero attached hydrogens (tertiary/aromatic N) is 1. The molecule has 2 heterocycles. The molecule has 2 aromatic heterocycles. The number of carboxylic acid groups (broad SMARTS) is 1. The number of H-pyrrole nitrogens is 1. The first-order valence-electron chi connectivity index (χ1n) is 9.71. The van der Waals surface area contributed by atoms with Crippen LogP contribution < -0.4 is 17.0 Å². The monoisotopic (exact) mass is 452 g/mol. The van der Waals surface area contributed by atoms with Crippen LogP contribution in [0.4, 0.5) is 14.5 Å². The SMILES string of the molecule is Cc1cc2c(-c3ccc[nH]c3=O)c(C(=O)O)n(Cc3cc(C(N)=O)c(N)cc3F)c2cc1F. The Morgan fingerprint density at radius 1 is 1.15 bits per heavy atom. The number of anilines is 1. The van der Waals surface area contributed by atoms with Crippen molar-refractivity contribution in [3.63, 3.8) is 0 Å². The first kappa shape index (κ1) is 21.8. The van der Waals surface area contributed by atoms with Gasteiger partial charge in [-0.3, -0.25) is 9.59 Å². The number of aromatic carboxylic acids is 1. The normalized spacial score (nSPS) is 11.1. The number of aromatic amines is 1. The molecule has 0 radical (unpaired) electrons. The lowest BCUT2D eigenvalue weighted by molar-refractivity contribution is 0.0686. The Bertz CT molecular complexity index is 1520. The molecule has 1 amide bonds. The number of pyridine rings is 1. The van der Waals surface area contributed by atoms with Gasteiger partial charge < -0.3 is 26.1 Å². The lowest BCUT2D eigenvalue weighted by Gasteiger charge is -2.12. The summed E-state index contributed by atoms with van der Waals surface area (Å²) < 4.78 is 30.4. The highest BCUT2D eigenvalue weighted by molar-refractivity contribution is 6.08. The van der Waals surface area contributed by atoms with E-state index >= 15 is 0 Å². The maximum absolute atomic E-state index is 14.7. The van der Waals surface area contributed by atoms with Crippen LogP contribution in [0.25, 0.3) is 22.0 Å². The van der Waals surface area contributed by atoms with Crippen molar-refractivity contribution in [1.29, 1.82) is 0 Å². The summed E-state index contributed by atoms with van der Waals surface area (Å²) in [5, 5.41) is 10.4. The van der Waals surface area contributed by atoms with Gasteiger partial charge in [0.15, 0.2) is 0 Å². The zero-order valence-corrected chi connectivity index (χ0v) is 17.3. The van der Waals surface area contributed by atoms with E-state index in [0.29, 0.717) is 5.39 Å². The average molecular weight is 452 g/mol. The summed E-state index contributed by atoms with van der Waals surface area (Å²) in [5.41, 5.74) is 10.2. The Balaban J connectivity index is 2.09. The number of aryl methyl sites for hydroxylation is 1. The maximum Gasteiger partial charge on any atom is 0.353 e. The predicted octanol–water partition coefficient (Wildman–Crippen LogP) is 3.01. The molecular weight excluding hydrogens is 434 g/mol. The van der Waals surface area contributed by atoms with E-state index in [1.807, 2.05) is 0 Å². The Hall–Kier alpha value is -4.47. The highest BCUT2D eigenvalue weighted by Gasteiger charge is 2.27. The second kappa shape index (κ2) is 7.90. The molecule has 8 nitrogen and oxygen atoms in total. The van der Waals surface area contributed by atoms with Crippen molar-refractivity contribution < 1.29 is 23.5 Å². The van der Waals surface area contributed by atoms with Crippen molar-refractivity contribution in [3.05, 3.63) is 87.0 Å². The van der Waals surface area contributed by atoms with Crippen LogP contribution in [0, 0.1) is 18.6 Å². The number of benzene rings is 2. The summed E-state index contributed by atoms with van der Waals surface area (Å²) in [6, 6.07) is 7.57. The van der Waals surface area contributed by atoms with Gasteiger partial charge in [-0.05, 0) is 48.9 Å². The van der Waals surface area contributed by atoms with Crippen molar-refractivity contribution in [2.24, 2.45) is 5.73 Å². The minimum atomic E-state index is -1.41. The third kappa shape index (κ3) is 3.61. The Morgan fingerprint density at radius 2 is 1.88 bits per heavy atom. The fourth-order valence-corrected chi connectivity index (χ4v) is 3.89. The van der Waals surface area contributed by atoms with Crippen molar-refractivity contribution in [3.8, 4) is 11.1 Å². The molecule has 0 aliphatic heterocycles. The quantitative estimate of drug-likeness (QED) is 0.344. The molecule has 33 heavy (non-hydrogen) atoms. The zero-order chi connectivity index (χ0) is 24.0. The van der Waals surface area contributed by atoms with E-state index in [1.165, 1.54) is 35.9 Å². The molecule has 0 atom stereocenters. The number of rotatable bonds is 5. The van der Waals surface area contributed by atoms with Crippen LogP contribution in [0.1, 0.15) is 32.0 Å². The highest BCUT2D eigenvalue weighted by atomic mass is 19.1. The lowest BCUT2D eigenvalue weighted by Crippen LogP contribution is -2.17. The minimum absolute atomic E-state index is 0.0558. The number of nitrogen functional groups attached to an aromatic ring is 1. The summed E-state index contributed by atoms with van der Waals surface area (Å²) in [4.78, 5) is 39.0. The number of nitrogens with one attached hydrogen (secondary N) is 1. The van der Waals surface area contributed by atoms with E-state index in [0.717, 1.165) is 18.2 Å². The number of primary amides is 1. The number of halogens is 2. The molecule has 4 rings (SSSR count). The second-order valence-electron chi connectivity index (χ2n) is 7.54. The average Bonchev–Trinajstić information content (AvgIpc) is 3.03. The molecule has 0 spiro atoms. The van der Waals surface area contributed by atoms with Crippen molar-refractivity contribution in [1.82, 2.24) is 9.55 Å². The van der Waals surface area contributed by atoms with E-state index in [4.69, 9.17) is 11.5 Å². The van der Waals surface area contributed by atoms with E-state index in [9.17, 15) is 28.3 Å². The number of hydrogen-bond donors (Lipinski definition) is 4. The molecule has 0 saturated heterocycles. The Kier molecular flexibility index (Phi) is 5.21. The van der Waals surface area contributed by atoms with Gasteiger partial charge >= 0.3 is 5.97 Å². The van der Waals surface area contributed by atoms with Gasteiger partial charge in [-0.1, -0.05) is 0 Å². The first-order valence-corrected chi connectivity index (χ1v) is 9.71. The molecule has 0 bridgehead atoms. The zero-order valence-electron chi connectivity index (χ0n) is 17.3. The molecule has 0 aliphatic carbocycles. The number of carbonyl (C=O) groups is 2. The largest absolute Gasteiger partial charge is 0.477 e. The number of aromatic nitrogens is 2. The summed E-state index contributed by atoms with van der Waals surface area (Å²) in [6.45, 7) is 1.11. The number of carbonyl (C=O) groups excluding carboxylic acids is 1. The third-order valence-corrected chi connectivity index (χ3v) is 5.45. The van der Waals surface area contributed by atoms with Gasteiger partial charge in [0.1, 0.15) is 17.3 Å². The number of hydrogen-bond acceptors (Lipinski definition) is 4. The lowest BCUT2D eigenvalue weighted by atomic mass is 10.0. The first-order chi connectivity index (χ1) is 15.6. The summed E-state index contributed by atoms with van der Waals surface area (Å²) >= 11 is 0. The Morgan fingerprint density at radius 3 is 2.52 bits per heavy atom. The van der Waals surface area contributed by atoms with Gasteiger partial charge in [0.05, 0.1) is 17.6 Å². The topological polar surface area (TPSA) is 144 Å². The fraction of sp³-hybridized carbons (Fsp3) is 0.0870.